The van der Waals surface area contributed by atoms with Crippen molar-refractivity contribution >= 4 is 17.3 Å². The van der Waals surface area contributed by atoms with Crippen LogP contribution < -0.4 is 10.7 Å². The smallest absolute Gasteiger partial charge is 0.254 e. The summed E-state index contributed by atoms with van der Waals surface area (Å²) in [5.41, 5.74) is 5.24. The van der Waals surface area contributed by atoms with Crippen molar-refractivity contribution in [2.45, 2.75) is 32.4 Å². The number of ketones is 1. The van der Waals surface area contributed by atoms with Crippen LogP contribution in [0, 0.1) is 29.9 Å². The summed E-state index contributed by atoms with van der Waals surface area (Å²) < 4.78 is 28.5. The number of allylic oxidation sites excluding steroid dienone is 1. The van der Waals surface area contributed by atoms with Gasteiger partial charge in [0.2, 0.25) is 0 Å². The number of nitrogens with zero attached hydrogens (tertiary/aromatic N) is 1. The van der Waals surface area contributed by atoms with E-state index in [2.05, 4.69) is 16.7 Å². The molecule has 4 rings (SSSR count). The molecule has 1 aliphatic heterocycles. The summed E-state index contributed by atoms with van der Waals surface area (Å²) >= 11 is 0. The molecule has 0 bridgehead atoms. The molecular weight excluding hydrogens is 412 g/mol. The third kappa shape index (κ3) is 4.02. The number of hydrazine groups is 1. The van der Waals surface area contributed by atoms with Crippen LogP contribution in [0.1, 0.15) is 42.5 Å². The number of carbonyl (C=O) groups excluding carboxylic acids is 2. The maximum absolute atomic E-state index is 14.6. The van der Waals surface area contributed by atoms with Crippen LogP contribution in [0.15, 0.2) is 48.2 Å². The number of nitrogens with one attached hydrogen (secondary N) is 2. The zero-order chi connectivity index (χ0) is 22.8. The van der Waals surface area contributed by atoms with Crippen molar-refractivity contribution in [3.63, 3.8) is 0 Å². The Morgan fingerprint density at radius 2 is 2.06 bits per heavy atom. The second-order valence-corrected chi connectivity index (χ2v) is 7.97. The lowest BCUT2D eigenvalue weighted by atomic mass is 9.75. The molecule has 0 radical (unpaired) electrons. The molecule has 1 saturated carbocycles. The van der Waals surface area contributed by atoms with Crippen LogP contribution in [0.4, 0.5) is 8.78 Å². The molecule has 2 aromatic carbocycles. The second-order valence-electron chi connectivity index (χ2n) is 7.97. The van der Waals surface area contributed by atoms with Crippen molar-refractivity contribution in [3.05, 3.63) is 76.5 Å². The van der Waals surface area contributed by atoms with Crippen molar-refractivity contribution in [1.29, 1.82) is 0 Å². The molecule has 1 fully saturated rings. The first-order valence-electron chi connectivity index (χ1n) is 10.4. The van der Waals surface area contributed by atoms with E-state index in [0.717, 1.165) is 0 Å². The van der Waals surface area contributed by atoms with Gasteiger partial charge in [-0.2, -0.15) is 0 Å². The Kier molecular flexibility index (Phi) is 6.06. The molecule has 0 saturated heterocycles. The molecule has 2 aromatic rings. The van der Waals surface area contributed by atoms with Crippen LogP contribution in [-0.4, -0.2) is 23.2 Å². The molecule has 0 aromatic heterocycles. The predicted octanol–water partition coefficient (Wildman–Crippen LogP) is 3.49. The van der Waals surface area contributed by atoms with Crippen LogP contribution in [-0.2, 0) is 16.1 Å². The molecule has 1 aliphatic carbocycles. The highest BCUT2D eigenvalue weighted by Gasteiger charge is 2.38. The van der Waals surface area contributed by atoms with E-state index in [9.17, 15) is 18.4 Å². The van der Waals surface area contributed by atoms with Gasteiger partial charge in [-0.1, -0.05) is 30.2 Å². The molecule has 164 valence electrons. The molecule has 1 unspecified atom stereocenters. The van der Waals surface area contributed by atoms with Crippen LogP contribution in [0.25, 0.3) is 5.57 Å². The highest BCUT2D eigenvalue weighted by molar-refractivity contribution is 6.21. The lowest BCUT2D eigenvalue weighted by Crippen LogP contribution is -2.44. The molecule has 5 nitrogen and oxygen atoms in total. The van der Waals surface area contributed by atoms with Crippen molar-refractivity contribution in [2.24, 2.45) is 5.92 Å². The van der Waals surface area contributed by atoms with E-state index in [4.69, 9.17) is 6.42 Å². The number of terminal acetylenes is 1. The number of hydrogen-bond acceptors (Lipinski definition) is 4. The summed E-state index contributed by atoms with van der Waals surface area (Å²) in [4.78, 5) is 25.8. The molecular formula is C25H23F2N3O2. The number of carbonyl (C=O) groups is 2. The zero-order valence-corrected chi connectivity index (χ0v) is 17.6. The maximum atomic E-state index is 14.6. The van der Waals surface area contributed by atoms with E-state index in [1.807, 2.05) is 0 Å². The van der Waals surface area contributed by atoms with Gasteiger partial charge in [0.25, 0.3) is 5.91 Å². The normalized spacial score (nSPS) is 18.5. The number of benzene rings is 2. The first-order chi connectivity index (χ1) is 15.4. The summed E-state index contributed by atoms with van der Waals surface area (Å²) in [5, 5.41) is 4.57. The van der Waals surface area contributed by atoms with Crippen molar-refractivity contribution in [3.8, 4) is 12.3 Å². The average molecular weight is 435 g/mol. The molecule has 2 atom stereocenters. The van der Waals surface area contributed by atoms with Crippen LogP contribution in [0.5, 0.6) is 0 Å². The fourth-order valence-electron chi connectivity index (χ4n) is 4.27. The Morgan fingerprint density at radius 1 is 1.28 bits per heavy atom. The van der Waals surface area contributed by atoms with E-state index < -0.39 is 29.5 Å². The summed E-state index contributed by atoms with van der Waals surface area (Å²) in [6, 6.07) is 9.80. The van der Waals surface area contributed by atoms with Gasteiger partial charge < -0.3 is 10.3 Å². The number of amides is 1. The fourth-order valence-corrected chi connectivity index (χ4v) is 4.27. The predicted molar refractivity (Wildman–Crippen MR) is 116 cm³/mol. The third-order valence-corrected chi connectivity index (χ3v) is 6.08. The molecule has 7 heteroatoms. The maximum Gasteiger partial charge on any atom is 0.254 e. The van der Waals surface area contributed by atoms with E-state index in [1.165, 1.54) is 18.2 Å². The van der Waals surface area contributed by atoms with Gasteiger partial charge >= 0.3 is 0 Å². The average Bonchev–Trinajstić information content (AvgIpc) is 2.76. The summed E-state index contributed by atoms with van der Waals surface area (Å²) in [6.07, 6.45) is 6.40. The van der Waals surface area contributed by atoms with Gasteiger partial charge in [-0.05, 0) is 42.7 Å². The first kappa shape index (κ1) is 21.7. The van der Waals surface area contributed by atoms with Gasteiger partial charge in [-0.15, -0.1) is 6.42 Å². The van der Waals surface area contributed by atoms with Gasteiger partial charge in [-0.3, -0.25) is 9.59 Å². The van der Waals surface area contributed by atoms with E-state index in [0.29, 0.717) is 35.2 Å². The van der Waals surface area contributed by atoms with Gasteiger partial charge in [0.1, 0.15) is 17.4 Å². The Bertz CT molecular complexity index is 1150. The largest absolute Gasteiger partial charge is 0.344 e. The first-order valence-corrected chi connectivity index (χ1v) is 10.4. The van der Waals surface area contributed by atoms with Gasteiger partial charge in [0.15, 0.2) is 0 Å². The summed E-state index contributed by atoms with van der Waals surface area (Å²) in [7, 11) is 0. The van der Waals surface area contributed by atoms with Crippen molar-refractivity contribution in [1.82, 2.24) is 15.8 Å². The molecule has 2 N–H and O–H groups in total. The number of Topliss-reactive ketones (excluding diaryl/α,β-unsaturated/α-hetero) is 1. The minimum atomic E-state index is -0.675. The number of halogens is 2. The van der Waals surface area contributed by atoms with E-state index in [1.54, 1.807) is 36.2 Å². The third-order valence-electron chi connectivity index (χ3n) is 6.08. The minimum absolute atomic E-state index is 0.0256. The number of hydrogen-bond donors (Lipinski definition) is 2. The van der Waals surface area contributed by atoms with E-state index in [-0.39, 0.29) is 24.4 Å². The van der Waals surface area contributed by atoms with Gasteiger partial charge in [0, 0.05) is 23.6 Å². The molecule has 0 spiro atoms. The van der Waals surface area contributed by atoms with Gasteiger partial charge in [-0.25, -0.2) is 14.2 Å². The lowest BCUT2D eigenvalue weighted by Gasteiger charge is -2.36. The standard InChI is InChI=1S/C25H23F2N3O2/c1-3-12-28-30-14-20-18(8-5-9-21(20)27)23(15(30)2)25(32)29-24(19-10-11-22(19)31)16-6-4-7-17(26)13-16/h1,4-9,13,19,24,28H,10-12,14H2,2H3,(H,29,32)/t19?,24-/m1/s1. The SMILES string of the molecule is C#CCNN1Cc2c(F)cccc2C(C(=O)N[C@H](c2cccc(F)c2)C2CCC2=O)=C1C. The monoisotopic (exact) mass is 435 g/mol. The second kappa shape index (κ2) is 8.93. The fraction of sp³-hybridized carbons (Fsp3) is 0.280. The molecule has 32 heavy (non-hydrogen) atoms. The minimum Gasteiger partial charge on any atom is -0.344 e. The van der Waals surface area contributed by atoms with Crippen molar-refractivity contribution in [2.75, 3.05) is 6.54 Å². The van der Waals surface area contributed by atoms with Crippen LogP contribution in [0.2, 0.25) is 0 Å². The zero-order valence-electron chi connectivity index (χ0n) is 17.6. The molecule has 1 heterocycles. The molecule has 1 amide bonds. The Labute approximate surface area is 185 Å². The van der Waals surface area contributed by atoms with E-state index >= 15 is 0 Å². The van der Waals surface area contributed by atoms with Crippen LogP contribution >= 0.6 is 0 Å². The Hall–Kier alpha value is -3.50. The number of fused-ring (bicyclic) bond motifs is 1. The summed E-state index contributed by atoms with van der Waals surface area (Å²) in [6.45, 7) is 2.16. The highest BCUT2D eigenvalue weighted by atomic mass is 19.1. The Morgan fingerprint density at radius 3 is 2.72 bits per heavy atom. The topological polar surface area (TPSA) is 61.4 Å². The Balaban J connectivity index is 1.72. The summed E-state index contributed by atoms with van der Waals surface area (Å²) in [5.74, 6) is 0.737. The van der Waals surface area contributed by atoms with Crippen LogP contribution in [0.3, 0.4) is 0 Å². The highest BCUT2D eigenvalue weighted by Crippen LogP contribution is 2.37. The van der Waals surface area contributed by atoms with Gasteiger partial charge in [0.05, 0.1) is 24.7 Å². The lowest BCUT2D eigenvalue weighted by molar-refractivity contribution is -0.131. The molecule has 2 aliphatic rings. The van der Waals surface area contributed by atoms with Crippen molar-refractivity contribution < 1.29 is 18.4 Å². The quantitative estimate of drug-likeness (QED) is 0.682. The number of rotatable bonds is 6.